The first-order valence-electron chi connectivity index (χ1n) is 6.06. The minimum absolute atomic E-state index is 0.653. The van der Waals surface area contributed by atoms with Crippen molar-refractivity contribution in [3.63, 3.8) is 0 Å². The van der Waals surface area contributed by atoms with Crippen LogP contribution in [0.25, 0.3) is 5.69 Å². The van der Waals surface area contributed by atoms with Gasteiger partial charge in [0, 0.05) is 32.6 Å². The monoisotopic (exact) mass is 249 g/mol. The first-order valence-corrected chi connectivity index (χ1v) is 6.06. The van der Waals surface area contributed by atoms with Gasteiger partial charge in [-0.05, 0) is 13.8 Å². The first-order chi connectivity index (χ1) is 8.74. The minimum atomic E-state index is 0.653. The molecule has 0 saturated heterocycles. The van der Waals surface area contributed by atoms with E-state index in [9.17, 15) is 0 Å². The average molecular weight is 249 g/mol. The predicted octanol–water partition coefficient (Wildman–Crippen LogP) is 1.46. The summed E-state index contributed by atoms with van der Waals surface area (Å²) in [6, 6.07) is 0. The van der Waals surface area contributed by atoms with E-state index < -0.39 is 0 Å². The molecule has 0 fully saturated rings. The van der Waals surface area contributed by atoms with Crippen LogP contribution in [0.15, 0.2) is 18.6 Å². The molecule has 2 rings (SSSR count). The number of nitrogens with zero attached hydrogens (tertiary/aromatic N) is 4. The van der Waals surface area contributed by atoms with Gasteiger partial charge < -0.3 is 10.1 Å². The lowest BCUT2D eigenvalue weighted by Gasteiger charge is -2.07. The highest BCUT2D eigenvalue weighted by atomic mass is 16.5. The zero-order valence-corrected chi connectivity index (χ0v) is 11.1. The fourth-order valence-corrected chi connectivity index (χ4v) is 1.73. The van der Waals surface area contributed by atoms with Crippen molar-refractivity contribution < 1.29 is 4.74 Å². The molecule has 18 heavy (non-hydrogen) atoms. The molecule has 2 aromatic heterocycles. The lowest BCUT2D eigenvalue weighted by Crippen LogP contribution is -2.11. The molecule has 0 unspecified atom stereocenters. The van der Waals surface area contributed by atoms with Gasteiger partial charge in [0.1, 0.15) is 0 Å². The van der Waals surface area contributed by atoms with Gasteiger partial charge in [-0.1, -0.05) is 0 Å². The van der Waals surface area contributed by atoms with Crippen LogP contribution in [0.4, 0.5) is 5.95 Å². The molecule has 0 radical (unpaired) electrons. The maximum absolute atomic E-state index is 5.02. The van der Waals surface area contributed by atoms with Gasteiger partial charge in [-0.2, -0.15) is 5.10 Å². The predicted molar refractivity (Wildman–Crippen MR) is 70.1 cm³/mol. The van der Waals surface area contributed by atoms with Crippen molar-refractivity contribution in [2.45, 2.75) is 20.4 Å². The van der Waals surface area contributed by atoms with Crippen LogP contribution in [0.3, 0.4) is 0 Å². The van der Waals surface area contributed by atoms with E-state index in [0.717, 1.165) is 30.4 Å². The van der Waals surface area contributed by atoms with Crippen molar-refractivity contribution in [3.05, 3.63) is 24.3 Å². The third-order valence-electron chi connectivity index (χ3n) is 2.64. The van der Waals surface area contributed by atoms with Crippen LogP contribution in [0.5, 0.6) is 0 Å². The third kappa shape index (κ3) is 2.70. The van der Waals surface area contributed by atoms with Crippen LogP contribution in [0.1, 0.15) is 12.6 Å². The molecule has 6 heteroatoms. The highest BCUT2D eigenvalue weighted by molar-refractivity contribution is 5.40. The fourth-order valence-electron chi connectivity index (χ4n) is 1.73. The van der Waals surface area contributed by atoms with Crippen molar-refractivity contribution in [1.29, 1.82) is 0 Å². The summed E-state index contributed by atoms with van der Waals surface area (Å²) < 4.78 is 8.92. The number of aryl methyl sites for hydroxylation is 2. The molecule has 0 aliphatic rings. The zero-order valence-electron chi connectivity index (χ0n) is 11.1. The van der Waals surface area contributed by atoms with Crippen LogP contribution in [-0.2, 0) is 11.3 Å². The standard InChI is InChI=1S/C12H19N5O/c1-4-16-9-11(7-14-16)17-8-10(2)15-12(17)13-5-6-18-3/h7-9H,4-6H2,1-3H3,(H,13,15). The number of hydrogen-bond donors (Lipinski definition) is 1. The Morgan fingerprint density at radius 1 is 1.39 bits per heavy atom. The van der Waals surface area contributed by atoms with Crippen molar-refractivity contribution in [2.24, 2.45) is 0 Å². The first kappa shape index (κ1) is 12.6. The molecule has 0 saturated carbocycles. The molecule has 6 nitrogen and oxygen atoms in total. The smallest absolute Gasteiger partial charge is 0.207 e. The van der Waals surface area contributed by atoms with Gasteiger partial charge in [-0.25, -0.2) is 4.98 Å². The highest BCUT2D eigenvalue weighted by Crippen LogP contribution is 2.15. The zero-order chi connectivity index (χ0) is 13.0. The second-order valence-electron chi connectivity index (χ2n) is 4.05. The molecule has 98 valence electrons. The summed E-state index contributed by atoms with van der Waals surface area (Å²) in [6.07, 6.45) is 5.83. The summed E-state index contributed by atoms with van der Waals surface area (Å²) in [6.45, 7) is 6.28. The van der Waals surface area contributed by atoms with Gasteiger partial charge >= 0.3 is 0 Å². The molecule has 0 atom stereocenters. The summed E-state index contributed by atoms with van der Waals surface area (Å²) in [5, 5.41) is 7.52. The SMILES string of the molecule is CCn1cc(-n2cc(C)nc2NCCOC)cn1. The van der Waals surface area contributed by atoms with Crippen LogP contribution < -0.4 is 5.32 Å². The topological polar surface area (TPSA) is 56.9 Å². The van der Waals surface area contributed by atoms with E-state index >= 15 is 0 Å². The van der Waals surface area contributed by atoms with Gasteiger partial charge in [0.2, 0.25) is 5.95 Å². The number of ether oxygens (including phenoxy) is 1. The molecule has 0 bridgehead atoms. The fraction of sp³-hybridized carbons (Fsp3) is 0.500. The number of rotatable bonds is 6. The Morgan fingerprint density at radius 3 is 2.89 bits per heavy atom. The Morgan fingerprint density at radius 2 is 2.22 bits per heavy atom. The molecule has 1 N–H and O–H groups in total. The molecular formula is C12H19N5O. The third-order valence-corrected chi connectivity index (χ3v) is 2.64. The Balaban J connectivity index is 2.20. The second kappa shape index (κ2) is 5.68. The minimum Gasteiger partial charge on any atom is -0.383 e. The van der Waals surface area contributed by atoms with Crippen molar-refractivity contribution in [1.82, 2.24) is 19.3 Å². The Labute approximate surface area is 107 Å². The number of aromatic nitrogens is 4. The lowest BCUT2D eigenvalue weighted by atomic mass is 10.5. The molecular weight excluding hydrogens is 230 g/mol. The summed E-state index contributed by atoms with van der Waals surface area (Å²) in [4.78, 5) is 4.45. The molecule has 0 amide bonds. The van der Waals surface area contributed by atoms with Gasteiger partial charge in [0.25, 0.3) is 0 Å². The van der Waals surface area contributed by atoms with E-state index in [1.165, 1.54) is 0 Å². The van der Waals surface area contributed by atoms with Gasteiger partial charge in [-0.3, -0.25) is 9.25 Å². The number of imidazole rings is 1. The molecule has 0 aliphatic carbocycles. The van der Waals surface area contributed by atoms with E-state index in [0.29, 0.717) is 6.61 Å². The Bertz CT molecular complexity index is 502. The van der Waals surface area contributed by atoms with Gasteiger partial charge in [-0.15, -0.1) is 0 Å². The molecule has 0 spiro atoms. The second-order valence-corrected chi connectivity index (χ2v) is 4.05. The largest absolute Gasteiger partial charge is 0.383 e. The molecule has 0 aliphatic heterocycles. The molecule has 2 aromatic rings. The van der Waals surface area contributed by atoms with Gasteiger partial charge in [0.05, 0.1) is 24.2 Å². The van der Waals surface area contributed by atoms with E-state index in [1.807, 2.05) is 34.8 Å². The summed E-state index contributed by atoms with van der Waals surface area (Å²) in [5.41, 5.74) is 1.98. The van der Waals surface area contributed by atoms with E-state index in [-0.39, 0.29) is 0 Å². The quantitative estimate of drug-likeness (QED) is 0.787. The maximum atomic E-state index is 5.02. The van der Waals surface area contributed by atoms with E-state index in [2.05, 4.69) is 22.3 Å². The maximum Gasteiger partial charge on any atom is 0.207 e. The normalized spacial score (nSPS) is 10.8. The highest BCUT2D eigenvalue weighted by Gasteiger charge is 2.08. The van der Waals surface area contributed by atoms with E-state index in [4.69, 9.17) is 4.74 Å². The number of hydrogen-bond acceptors (Lipinski definition) is 4. The Hall–Kier alpha value is -1.82. The average Bonchev–Trinajstić information content (AvgIpc) is 2.96. The number of nitrogens with one attached hydrogen (secondary N) is 1. The summed E-state index contributed by atoms with van der Waals surface area (Å²) >= 11 is 0. The van der Waals surface area contributed by atoms with Crippen molar-refractivity contribution in [3.8, 4) is 5.69 Å². The Kier molecular flexibility index (Phi) is 3.99. The van der Waals surface area contributed by atoms with Crippen LogP contribution in [0, 0.1) is 6.92 Å². The number of methoxy groups -OCH3 is 1. The van der Waals surface area contributed by atoms with Crippen LogP contribution in [0.2, 0.25) is 0 Å². The van der Waals surface area contributed by atoms with Crippen LogP contribution in [-0.4, -0.2) is 39.6 Å². The van der Waals surface area contributed by atoms with Crippen molar-refractivity contribution in [2.75, 3.05) is 25.6 Å². The molecule has 2 heterocycles. The lowest BCUT2D eigenvalue weighted by molar-refractivity contribution is 0.210. The summed E-state index contributed by atoms with van der Waals surface area (Å²) in [5.74, 6) is 0.820. The number of anilines is 1. The molecule has 0 aromatic carbocycles. The van der Waals surface area contributed by atoms with Crippen LogP contribution >= 0.6 is 0 Å². The van der Waals surface area contributed by atoms with Gasteiger partial charge in [0.15, 0.2) is 0 Å². The van der Waals surface area contributed by atoms with Crippen molar-refractivity contribution >= 4 is 5.95 Å². The summed E-state index contributed by atoms with van der Waals surface area (Å²) in [7, 11) is 1.69. The van der Waals surface area contributed by atoms with E-state index in [1.54, 1.807) is 7.11 Å².